The number of ether oxygens (including phenoxy) is 1. The van der Waals surface area contributed by atoms with Crippen molar-refractivity contribution in [2.75, 3.05) is 26.3 Å². The molecule has 1 fully saturated rings. The summed E-state index contributed by atoms with van der Waals surface area (Å²) in [6.45, 7) is -0.131. The lowest BCUT2D eigenvalue weighted by molar-refractivity contribution is -0.212. The Morgan fingerprint density at radius 1 is 1.53 bits per heavy atom. The molecule has 100 valence electrons. The minimum absolute atomic E-state index is 0.0663. The van der Waals surface area contributed by atoms with E-state index < -0.39 is 30.8 Å². The first-order valence-corrected chi connectivity index (χ1v) is 5.09. The molecule has 1 saturated heterocycles. The van der Waals surface area contributed by atoms with E-state index in [1.807, 2.05) is 0 Å². The van der Waals surface area contributed by atoms with Gasteiger partial charge in [-0.05, 0) is 0 Å². The number of carboxylic acids is 1. The maximum atomic E-state index is 12.2. The largest absolute Gasteiger partial charge is 0.481 e. The first-order chi connectivity index (χ1) is 7.80. The van der Waals surface area contributed by atoms with Crippen molar-refractivity contribution < 1.29 is 32.9 Å². The molecule has 0 aliphatic carbocycles. The maximum Gasteiger partial charge on any atom is 0.415 e. The first-order valence-electron chi connectivity index (χ1n) is 5.09. The first kappa shape index (κ1) is 14.2. The molecule has 8 heteroatoms. The summed E-state index contributed by atoms with van der Waals surface area (Å²) in [5.74, 6) is -1.10. The SMILES string of the molecule is O=C(O)CC1COCCN1CC(O)C(F)(F)F. The number of rotatable bonds is 4. The summed E-state index contributed by atoms with van der Waals surface area (Å²) in [4.78, 5) is 11.8. The summed E-state index contributed by atoms with van der Waals surface area (Å²) >= 11 is 0. The van der Waals surface area contributed by atoms with Gasteiger partial charge in [0.15, 0.2) is 6.10 Å². The molecule has 5 nitrogen and oxygen atoms in total. The molecular formula is C9H14F3NO4. The van der Waals surface area contributed by atoms with Crippen molar-refractivity contribution >= 4 is 5.97 Å². The Labute approximate surface area is 95.8 Å². The van der Waals surface area contributed by atoms with Crippen LogP contribution < -0.4 is 0 Å². The van der Waals surface area contributed by atoms with E-state index in [0.717, 1.165) is 0 Å². The number of carbonyl (C=O) groups is 1. The average Bonchev–Trinajstić information content (AvgIpc) is 2.18. The normalized spacial score (nSPS) is 24.6. The Balaban J connectivity index is 2.56. The molecule has 0 aromatic carbocycles. The van der Waals surface area contributed by atoms with Gasteiger partial charge in [0.25, 0.3) is 0 Å². The van der Waals surface area contributed by atoms with Crippen LogP contribution in [0.5, 0.6) is 0 Å². The number of halogens is 3. The fourth-order valence-corrected chi connectivity index (χ4v) is 1.64. The van der Waals surface area contributed by atoms with Crippen LogP contribution in [0.1, 0.15) is 6.42 Å². The average molecular weight is 257 g/mol. The molecule has 1 heterocycles. The van der Waals surface area contributed by atoms with Crippen molar-refractivity contribution in [1.82, 2.24) is 4.90 Å². The molecule has 2 atom stereocenters. The molecule has 1 aliphatic rings. The molecule has 0 radical (unpaired) electrons. The molecule has 0 saturated carbocycles. The Morgan fingerprint density at radius 2 is 2.18 bits per heavy atom. The van der Waals surface area contributed by atoms with E-state index in [4.69, 9.17) is 14.9 Å². The highest BCUT2D eigenvalue weighted by Crippen LogP contribution is 2.22. The van der Waals surface area contributed by atoms with Crippen LogP contribution in [0.4, 0.5) is 13.2 Å². The lowest BCUT2D eigenvalue weighted by atomic mass is 10.1. The van der Waals surface area contributed by atoms with Gasteiger partial charge in [0.2, 0.25) is 0 Å². The maximum absolute atomic E-state index is 12.2. The van der Waals surface area contributed by atoms with E-state index in [2.05, 4.69) is 0 Å². The van der Waals surface area contributed by atoms with Crippen LogP contribution in [-0.2, 0) is 9.53 Å². The summed E-state index contributed by atoms with van der Waals surface area (Å²) < 4.78 is 41.5. The van der Waals surface area contributed by atoms with Crippen molar-refractivity contribution in [2.24, 2.45) is 0 Å². The highest BCUT2D eigenvalue weighted by Gasteiger charge is 2.40. The van der Waals surface area contributed by atoms with Gasteiger partial charge in [-0.15, -0.1) is 0 Å². The number of aliphatic hydroxyl groups is 1. The van der Waals surface area contributed by atoms with Crippen molar-refractivity contribution in [1.29, 1.82) is 0 Å². The minimum Gasteiger partial charge on any atom is -0.481 e. The van der Waals surface area contributed by atoms with E-state index in [1.54, 1.807) is 0 Å². The highest BCUT2D eigenvalue weighted by molar-refractivity contribution is 5.67. The van der Waals surface area contributed by atoms with E-state index in [-0.39, 0.29) is 26.2 Å². The van der Waals surface area contributed by atoms with Gasteiger partial charge in [-0.25, -0.2) is 0 Å². The second kappa shape index (κ2) is 5.65. The number of aliphatic hydroxyl groups excluding tert-OH is 1. The summed E-state index contributed by atoms with van der Waals surface area (Å²) in [6.07, 6.45) is -7.45. The second-order valence-electron chi connectivity index (χ2n) is 3.88. The molecule has 2 N–H and O–H groups in total. The van der Waals surface area contributed by atoms with Crippen molar-refractivity contribution in [3.8, 4) is 0 Å². The van der Waals surface area contributed by atoms with Gasteiger partial charge in [0, 0.05) is 19.1 Å². The standard InChI is InChI=1S/C9H14F3NO4/c10-9(11,12)7(14)4-13-1-2-17-5-6(13)3-8(15)16/h6-7,14H,1-5H2,(H,15,16). The van der Waals surface area contributed by atoms with Crippen molar-refractivity contribution in [3.05, 3.63) is 0 Å². The Bertz CT molecular complexity index is 271. The molecule has 1 aliphatic heterocycles. The minimum atomic E-state index is -4.69. The Hall–Kier alpha value is -0.860. The van der Waals surface area contributed by atoms with Gasteiger partial charge in [0.05, 0.1) is 19.6 Å². The number of aliphatic carboxylic acids is 1. The Kier molecular flexibility index (Phi) is 4.72. The number of β-amino-alcohol motifs (C(OH)–C–C–N with tert-alkyl or cyclic N) is 1. The van der Waals surface area contributed by atoms with Gasteiger partial charge in [-0.3, -0.25) is 9.69 Å². The Morgan fingerprint density at radius 3 is 2.71 bits per heavy atom. The third kappa shape index (κ3) is 4.49. The van der Waals surface area contributed by atoms with E-state index in [9.17, 15) is 18.0 Å². The molecule has 0 aromatic heterocycles. The van der Waals surface area contributed by atoms with Crippen LogP contribution in [0.2, 0.25) is 0 Å². The van der Waals surface area contributed by atoms with E-state index >= 15 is 0 Å². The number of alkyl halides is 3. The summed E-state index contributed by atoms with van der Waals surface area (Å²) in [5, 5.41) is 17.5. The van der Waals surface area contributed by atoms with Gasteiger partial charge >= 0.3 is 12.1 Å². The predicted octanol–water partition coefficient (Wildman–Crippen LogP) is 0.0851. The molecule has 0 aromatic rings. The number of morpholine rings is 1. The van der Waals surface area contributed by atoms with E-state index in [1.165, 1.54) is 4.90 Å². The molecule has 0 amide bonds. The smallest absolute Gasteiger partial charge is 0.415 e. The zero-order valence-electron chi connectivity index (χ0n) is 8.98. The number of nitrogens with zero attached hydrogens (tertiary/aromatic N) is 1. The fourth-order valence-electron chi connectivity index (χ4n) is 1.64. The van der Waals surface area contributed by atoms with Crippen LogP contribution in [0.25, 0.3) is 0 Å². The molecular weight excluding hydrogens is 243 g/mol. The second-order valence-corrected chi connectivity index (χ2v) is 3.88. The lowest BCUT2D eigenvalue weighted by Gasteiger charge is -2.36. The molecule has 0 bridgehead atoms. The van der Waals surface area contributed by atoms with Gasteiger partial charge in [0.1, 0.15) is 0 Å². The number of hydrogen-bond acceptors (Lipinski definition) is 4. The molecule has 0 spiro atoms. The van der Waals surface area contributed by atoms with Crippen molar-refractivity contribution in [2.45, 2.75) is 24.7 Å². The predicted molar refractivity (Wildman–Crippen MR) is 50.5 cm³/mol. The van der Waals surface area contributed by atoms with E-state index in [0.29, 0.717) is 0 Å². The number of hydrogen-bond donors (Lipinski definition) is 2. The lowest BCUT2D eigenvalue weighted by Crippen LogP contribution is -2.51. The van der Waals surface area contributed by atoms with Crippen LogP contribution in [-0.4, -0.2) is 65.7 Å². The summed E-state index contributed by atoms with van der Waals surface area (Å²) in [6, 6.07) is -0.627. The monoisotopic (exact) mass is 257 g/mol. The van der Waals surface area contributed by atoms with Gasteiger partial charge in [-0.2, -0.15) is 13.2 Å². The molecule has 17 heavy (non-hydrogen) atoms. The fraction of sp³-hybridized carbons (Fsp3) is 0.889. The highest BCUT2D eigenvalue weighted by atomic mass is 19.4. The molecule has 1 rings (SSSR count). The third-order valence-corrected chi connectivity index (χ3v) is 2.55. The van der Waals surface area contributed by atoms with Gasteiger partial charge in [-0.1, -0.05) is 0 Å². The van der Waals surface area contributed by atoms with Crippen LogP contribution >= 0.6 is 0 Å². The summed E-state index contributed by atoms with van der Waals surface area (Å²) in [5.41, 5.74) is 0. The number of carboxylic acid groups (broad SMARTS) is 1. The van der Waals surface area contributed by atoms with Crippen LogP contribution in [0.3, 0.4) is 0 Å². The summed E-state index contributed by atoms with van der Waals surface area (Å²) in [7, 11) is 0. The van der Waals surface area contributed by atoms with Gasteiger partial charge < -0.3 is 14.9 Å². The van der Waals surface area contributed by atoms with Crippen LogP contribution in [0.15, 0.2) is 0 Å². The molecule has 2 unspecified atom stereocenters. The quantitative estimate of drug-likeness (QED) is 0.746. The zero-order chi connectivity index (χ0) is 13.1. The topological polar surface area (TPSA) is 70.0 Å². The van der Waals surface area contributed by atoms with Crippen molar-refractivity contribution in [3.63, 3.8) is 0 Å². The zero-order valence-corrected chi connectivity index (χ0v) is 8.98. The van der Waals surface area contributed by atoms with Crippen LogP contribution in [0, 0.1) is 0 Å². The third-order valence-electron chi connectivity index (χ3n) is 2.55.